The van der Waals surface area contributed by atoms with E-state index in [4.69, 9.17) is 5.73 Å². The second-order valence-electron chi connectivity index (χ2n) is 5.62. The van der Waals surface area contributed by atoms with E-state index < -0.39 is 5.91 Å². The van der Waals surface area contributed by atoms with Crippen molar-refractivity contribution in [1.82, 2.24) is 30.7 Å². The van der Waals surface area contributed by atoms with Gasteiger partial charge in [-0.25, -0.2) is 10.1 Å². The highest BCUT2D eigenvalue weighted by atomic mass is 32.1. The molecule has 0 atom stereocenters. The van der Waals surface area contributed by atoms with E-state index in [2.05, 4.69) is 49.6 Å². The number of rotatable bonds is 8. The van der Waals surface area contributed by atoms with Crippen LogP contribution >= 0.6 is 11.3 Å². The molecule has 3 aromatic heterocycles. The van der Waals surface area contributed by atoms with Crippen LogP contribution in [0.1, 0.15) is 34.9 Å². The molecule has 0 saturated heterocycles. The van der Waals surface area contributed by atoms with E-state index >= 15 is 0 Å². The summed E-state index contributed by atoms with van der Waals surface area (Å²) in [5.41, 5.74) is 8.96. The van der Waals surface area contributed by atoms with Crippen LogP contribution in [0.5, 0.6) is 0 Å². The summed E-state index contributed by atoms with van der Waals surface area (Å²) in [5, 5.41) is 21.2. The van der Waals surface area contributed by atoms with Crippen LogP contribution in [0.3, 0.4) is 0 Å². The largest absolute Gasteiger partial charge is 0.378 e. The predicted molar refractivity (Wildman–Crippen MR) is 98.8 cm³/mol. The molecule has 0 radical (unpaired) electrons. The monoisotopic (exact) mass is 390 g/mol. The number of nitrogens with one attached hydrogen (secondary N) is 2. The Kier molecular flexibility index (Phi) is 5.88. The number of anilines is 1. The van der Waals surface area contributed by atoms with E-state index in [9.17, 15) is 4.79 Å². The summed E-state index contributed by atoms with van der Waals surface area (Å²) < 4.78 is 6.03. The standard InChI is InChI=1S/C15H19N9O2S/c1-3-23(4-2)9-11-12(15(25)19-17-8-10-6-5-7-27-10)18-22-24(11)14-13(16)20-26-21-14/h5-8H,3-4,9H2,1-2H3,(H2,16,20)(H,19,25)/p+1/b17-8-. The topological polar surface area (TPSA) is 142 Å². The lowest BCUT2D eigenvalue weighted by molar-refractivity contribution is -0.910. The number of amides is 1. The summed E-state index contributed by atoms with van der Waals surface area (Å²) in [4.78, 5) is 14.7. The Morgan fingerprint density at radius 1 is 1.44 bits per heavy atom. The molecule has 4 N–H and O–H groups in total. The van der Waals surface area contributed by atoms with Gasteiger partial charge in [-0.1, -0.05) is 11.3 Å². The van der Waals surface area contributed by atoms with Gasteiger partial charge in [-0.2, -0.15) is 9.78 Å². The Hall–Kier alpha value is -3.12. The number of nitrogens with zero attached hydrogens (tertiary/aromatic N) is 6. The van der Waals surface area contributed by atoms with Crippen LogP contribution in [0, 0.1) is 0 Å². The van der Waals surface area contributed by atoms with Gasteiger partial charge in [0.05, 0.1) is 19.3 Å². The molecule has 0 bridgehead atoms. The Labute approximate surface area is 158 Å². The number of quaternary nitrogens is 1. The second kappa shape index (κ2) is 8.51. The summed E-state index contributed by atoms with van der Waals surface area (Å²) in [6.45, 7) is 6.36. The fraction of sp³-hybridized carbons (Fsp3) is 0.333. The van der Waals surface area contributed by atoms with E-state index in [0.29, 0.717) is 12.2 Å². The molecular weight excluding hydrogens is 370 g/mol. The molecule has 0 unspecified atom stereocenters. The first-order valence-corrected chi connectivity index (χ1v) is 9.25. The Bertz CT molecular complexity index is 912. The third-order valence-corrected chi connectivity index (χ3v) is 4.80. The quantitative estimate of drug-likeness (QED) is 0.347. The number of nitrogens with two attached hydrogens (primary N) is 1. The molecule has 1 amide bonds. The van der Waals surface area contributed by atoms with Gasteiger partial charge in [0.15, 0.2) is 5.69 Å². The number of carbonyl (C=O) groups is 1. The van der Waals surface area contributed by atoms with Crippen molar-refractivity contribution < 1.29 is 14.3 Å². The third-order valence-electron chi connectivity index (χ3n) is 3.99. The van der Waals surface area contributed by atoms with Gasteiger partial charge < -0.3 is 10.6 Å². The molecular formula is C15H20N9O2S+. The van der Waals surface area contributed by atoms with Crippen molar-refractivity contribution in [2.75, 3.05) is 18.8 Å². The maximum Gasteiger partial charge on any atom is 0.294 e. The highest BCUT2D eigenvalue weighted by Crippen LogP contribution is 2.15. The number of hydrogen-bond acceptors (Lipinski definition) is 9. The van der Waals surface area contributed by atoms with E-state index in [1.807, 2.05) is 17.5 Å². The highest BCUT2D eigenvalue weighted by molar-refractivity contribution is 7.11. The molecule has 142 valence electrons. The van der Waals surface area contributed by atoms with Crippen molar-refractivity contribution in [2.24, 2.45) is 5.10 Å². The van der Waals surface area contributed by atoms with Gasteiger partial charge in [0.25, 0.3) is 5.91 Å². The zero-order valence-corrected chi connectivity index (χ0v) is 15.7. The third kappa shape index (κ3) is 4.17. The molecule has 3 aromatic rings. The summed E-state index contributed by atoms with van der Waals surface area (Å²) in [5.74, 6) is -0.200. The minimum absolute atomic E-state index is 0.0679. The highest BCUT2D eigenvalue weighted by Gasteiger charge is 2.26. The molecule has 12 heteroatoms. The molecule has 0 spiro atoms. The predicted octanol–water partition coefficient (Wildman–Crippen LogP) is -0.517. The first-order chi connectivity index (χ1) is 13.1. The Morgan fingerprint density at radius 3 is 2.89 bits per heavy atom. The van der Waals surface area contributed by atoms with Crippen molar-refractivity contribution in [1.29, 1.82) is 0 Å². The molecule has 0 saturated carbocycles. The van der Waals surface area contributed by atoms with Gasteiger partial charge >= 0.3 is 0 Å². The molecule has 3 rings (SSSR count). The van der Waals surface area contributed by atoms with Crippen molar-refractivity contribution in [3.05, 3.63) is 33.8 Å². The zero-order chi connectivity index (χ0) is 19.2. The minimum atomic E-state index is -0.467. The molecule has 0 aliphatic heterocycles. The molecule has 11 nitrogen and oxygen atoms in total. The van der Waals surface area contributed by atoms with Gasteiger partial charge in [-0.05, 0) is 35.6 Å². The van der Waals surface area contributed by atoms with Crippen LogP contribution in [-0.2, 0) is 6.54 Å². The van der Waals surface area contributed by atoms with Crippen molar-refractivity contribution in [2.45, 2.75) is 20.4 Å². The van der Waals surface area contributed by atoms with E-state index in [1.54, 1.807) is 6.21 Å². The van der Waals surface area contributed by atoms with Crippen LogP contribution in [0.4, 0.5) is 5.82 Å². The van der Waals surface area contributed by atoms with Gasteiger partial charge in [-0.15, -0.1) is 16.4 Å². The molecule has 0 fully saturated rings. The number of carbonyl (C=O) groups excluding carboxylic acids is 1. The van der Waals surface area contributed by atoms with Gasteiger partial charge in [0.1, 0.15) is 12.2 Å². The van der Waals surface area contributed by atoms with E-state index in [0.717, 1.165) is 18.0 Å². The lowest BCUT2D eigenvalue weighted by Crippen LogP contribution is -3.10. The molecule has 0 aliphatic rings. The van der Waals surface area contributed by atoms with Crippen molar-refractivity contribution in [3.63, 3.8) is 0 Å². The van der Waals surface area contributed by atoms with Gasteiger partial charge in [-0.3, -0.25) is 4.79 Å². The van der Waals surface area contributed by atoms with Crippen molar-refractivity contribution in [3.8, 4) is 5.82 Å². The fourth-order valence-corrected chi connectivity index (χ4v) is 3.04. The maximum absolute atomic E-state index is 12.6. The molecule has 0 aliphatic carbocycles. The second-order valence-corrected chi connectivity index (χ2v) is 6.60. The molecule has 27 heavy (non-hydrogen) atoms. The van der Waals surface area contributed by atoms with Gasteiger partial charge in [0, 0.05) is 4.88 Å². The van der Waals surface area contributed by atoms with Crippen molar-refractivity contribution >= 4 is 29.3 Å². The SMILES string of the molecule is CC[NH+](CC)Cc1c(C(=O)N/N=C\c2cccs2)nnn1-c1nonc1N. The first-order valence-electron chi connectivity index (χ1n) is 8.37. The number of nitrogen functional groups attached to an aromatic ring is 1. The Morgan fingerprint density at radius 2 is 2.26 bits per heavy atom. The van der Waals surface area contributed by atoms with Crippen LogP contribution < -0.4 is 16.1 Å². The average molecular weight is 390 g/mol. The summed E-state index contributed by atoms with van der Waals surface area (Å²) >= 11 is 1.52. The van der Waals surface area contributed by atoms with E-state index in [-0.39, 0.29) is 17.3 Å². The lowest BCUT2D eigenvalue weighted by atomic mass is 10.2. The van der Waals surface area contributed by atoms with Crippen LogP contribution in [0.25, 0.3) is 5.82 Å². The molecule has 0 aromatic carbocycles. The lowest BCUT2D eigenvalue weighted by Gasteiger charge is -2.15. The zero-order valence-electron chi connectivity index (χ0n) is 14.9. The smallest absolute Gasteiger partial charge is 0.294 e. The summed E-state index contributed by atoms with van der Waals surface area (Å²) in [6.07, 6.45) is 1.57. The number of hydrogen-bond donors (Lipinski definition) is 3. The fourth-order valence-electron chi connectivity index (χ4n) is 2.45. The summed E-state index contributed by atoms with van der Waals surface area (Å²) in [7, 11) is 0. The van der Waals surface area contributed by atoms with Crippen LogP contribution in [0.2, 0.25) is 0 Å². The van der Waals surface area contributed by atoms with Crippen LogP contribution in [-0.4, -0.2) is 50.5 Å². The van der Waals surface area contributed by atoms with Crippen LogP contribution in [0.15, 0.2) is 27.2 Å². The van der Waals surface area contributed by atoms with Gasteiger partial charge in [0.2, 0.25) is 11.6 Å². The minimum Gasteiger partial charge on any atom is -0.378 e. The Balaban J connectivity index is 1.88. The maximum atomic E-state index is 12.6. The van der Waals surface area contributed by atoms with E-state index in [1.165, 1.54) is 20.9 Å². The number of aromatic nitrogens is 5. The first kappa shape index (κ1) is 18.7. The number of thiophene rings is 1. The summed E-state index contributed by atoms with van der Waals surface area (Å²) in [6, 6.07) is 3.80. The molecule has 3 heterocycles. The number of hydrazone groups is 1. The average Bonchev–Trinajstić information content (AvgIpc) is 3.40. The normalized spacial score (nSPS) is 11.5.